The summed E-state index contributed by atoms with van der Waals surface area (Å²) in [5, 5.41) is 36.1. The third-order valence-corrected chi connectivity index (χ3v) is 12.1. The number of phenols is 2. The molecular weight excluding hydrogens is 937 g/mol. The van der Waals surface area contributed by atoms with Gasteiger partial charge in [0.05, 0.1) is 42.0 Å². The number of nitrogens with zero attached hydrogens (tertiary/aromatic N) is 4. The molecule has 0 aromatic heterocycles. The molecule has 0 amide bonds. The molecule has 0 aliphatic rings. The summed E-state index contributed by atoms with van der Waals surface area (Å²) < 4.78 is 142. The second kappa shape index (κ2) is 20.6. The maximum absolute atomic E-state index is 12.2. The molecule has 0 bridgehead atoms. The Morgan fingerprint density at radius 3 is 1.44 bits per heavy atom. The van der Waals surface area contributed by atoms with Gasteiger partial charge in [-0.05, 0) is 96.1 Å². The number of aromatic hydroxyl groups is 2. The van der Waals surface area contributed by atoms with Crippen LogP contribution in [0.15, 0.2) is 113 Å². The molecule has 0 aliphatic heterocycles. The van der Waals surface area contributed by atoms with Gasteiger partial charge in [-0.15, -0.1) is 10.2 Å². The van der Waals surface area contributed by atoms with Crippen molar-refractivity contribution in [3.05, 3.63) is 83.9 Å². The van der Waals surface area contributed by atoms with E-state index in [1.54, 1.807) is 44.2 Å². The average molecular weight is 961 g/mol. The van der Waals surface area contributed by atoms with Crippen LogP contribution in [0.25, 0.3) is 32.7 Å². The third-order valence-electron chi connectivity index (χ3n) is 8.72. The van der Waals surface area contributed by atoms with Crippen molar-refractivity contribution >= 4 is 96.1 Å². The van der Waals surface area contributed by atoms with Crippen LogP contribution in [0.3, 0.4) is 0 Å². The molecule has 0 saturated carbocycles. The number of nitrogens with two attached hydrogens (primary N) is 2. The fourth-order valence-corrected chi connectivity index (χ4v) is 8.58. The number of azo groups is 2. The fourth-order valence-electron chi connectivity index (χ4n) is 5.98. The van der Waals surface area contributed by atoms with Crippen LogP contribution in [-0.4, -0.2) is 62.1 Å². The molecule has 6 N–H and O–H groups in total. The van der Waals surface area contributed by atoms with Gasteiger partial charge in [0.2, 0.25) is 0 Å². The zero-order valence-corrected chi connectivity index (χ0v) is 44.6. The normalized spacial score (nSPS) is 12.2. The number of nitrogen functional groups attached to an aromatic ring is 2. The Morgan fingerprint density at radius 1 is 0.500 bits per heavy atom. The van der Waals surface area contributed by atoms with Gasteiger partial charge in [-0.1, -0.05) is 18.2 Å². The number of anilines is 2. The second-order valence-electron chi connectivity index (χ2n) is 12.5. The number of rotatable bonds is 9. The van der Waals surface area contributed by atoms with Gasteiger partial charge < -0.3 is 39.9 Å². The fraction of sp³-hybridized carbons (Fsp3) is 0.0588. The smallest absolute Gasteiger partial charge is 0.744 e. The topological polar surface area (TPSA) is 371 Å². The van der Waals surface area contributed by atoms with Gasteiger partial charge in [0.25, 0.3) is 0 Å². The van der Waals surface area contributed by atoms with E-state index in [-0.39, 0.29) is 146 Å². The van der Waals surface area contributed by atoms with Gasteiger partial charge in [-0.3, -0.25) is 0 Å². The Labute approximate surface area is 442 Å². The van der Waals surface area contributed by atoms with Crippen molar-refractivity contribution in [2.24, 2.45) is 20.5 Å². The third kappa shape index (κ3) is 11.6. The van der Waals surface area contributed by atoms with Crippen molar-refractivity contribution in [3.63, 3.8) is 0 Å². The van der Waals surface area contributed by atoms with Gasteiger partial charge >= 0.3 is 118 Å². The van der Waals surface area contributed by atoms with Crippen LogP contribution in [0.1, 0.15) is 11.1 Å². The molecule has 0 aliphatic carbocycles. The molecule has 6 rings (SSSR count). The van der Waals surface area contributed by atoms with Gasteiger partial charge in [0.15, 0.2) is 11.5 Å². The van der Waals surface area contributed by atoms with Gasteiger partial charge in [-0.2, -0.15) is 10.2 Å². The molecule has 20 nitrogen and oxygen atoms in total. The Kier molecular flexibility index (Phi) is 18.6. The molecule has 6 aromatic rings. The molecule has 0 radical (unpaired) electrons. The molecule has 6 aromatic carbocycles. The van der Waals surface area contributed by atoms with Crippen molar-refractivity contribution < 1.29 is 180 Å². The van der Waals surface area contributed by atoms with E-state index in [0.29, 0.717) is 28.3 Å². The molecule has 0 unspecified atom stereocenters. The van der Waals surface area contributed by atoms with Crippen LogP contribution in [0.2, 0.25) is 0 Å². The van der Waals surface area contributed by atoms with E-state index < -0.39 is 99.4 Å². The Balaban J connectivity index is 0.00000331. The van der Waals surface area contributed by atoms with Crippen molar-refractivity contribution in [1.29, 1.82) is 0 Å². The number of phenolic OH excluding ortho intramolecular Hbond substituents is 2. The van der Waals surface area contributed by atoms with Crippen LogP contribution in [0.5, 0.6) is 11.5 Å². The Bertz CT molecular complexity index is 3320. The van der Waals surface area contributed by atoms with Gasteiger partial charge in [-0.25, -0.2) is 33.7 Å². The van der Waals surface area contributed by atoms with Crippen LogP contribution in [-0.2, 0) is 40.5 Å². The van der Waals surface area contributed by atoms with Crippen molar-refractivity contribution in [1.82, 2.24) is 0 Å². The summed E-state index contributed by atoms with van der Waals surface area (Å²) in [6.45, 7) is 3.31. The molecule has 0 atom stereocenters. The zero-order chi connectivity index (χ0) is 42.9. The first-order valence-corrected chi connectivity index (χ1v) is 21.5. The van der Waals surface area contributed by atoms with Gasteiger partial charge in [0.1, 0.15) is 51.8 Å². The maximum atomic E-state index is 12.2. The summed E-state index contributed by atoms with van der Waals surface area (Å²) in [6, 6.07) is 14.4. The van der Waals surface area contributed by atoms with Crippen LogP contribution < -0.4 is 130 Å². The minimum Gasteiger partial charge on any atom is -0.744 e. The van der Waals surface area contributed by atoms with Crippen molar-refractivity contribution in [2.75, 3.05) is 11.5 Å². The number of aryl methyl sites for hydroxylation is 2. The van der Waals surface area contributed by atoms with E-state index in [1.165, 1.54) is 6.07 Å². The number of fused-ring (bicyclic) bond motifs is 2. The number of hydrogen-bond acceptors (Lipinski definition) is 20. The van der Waals surface area contributed by atoms with E-state index in [4.69, 9.17) is 11.5 Å². The SMILES string of the molecule is Cc1cc(-c2ccc(N=Nc3c(S(=O)(=O)[O-])cc4cc(S(=O)(=O)[O-])cc(N)c4c3O)c(C)c2)ccc1N=Nc1ccc2c(S(=O)(=O)[O-])cc(S(=O)(=O)[O-])c(N)c2c1O.[Na+].[Na+].[Na+].[Na+]. The standard InChI is InChI=1S/C34H28N6O14S4.4Na/c1-15-9-17(3-6-23(15)37-39-25-8-5-21-26(56(46,47)48)14-27(57(49,50)51)31(36)30(21)33(25)41)18-4-7-24(16(2)10-18)38-40-32-28(58(52,53)54)12-19-11-20(55(43,44)45)13-22(35)29(19)34(32)42;;;;/h3-14,41-42H,35-36H2,1-2H3,(H,43,44,45)(H,46,47,48)(H,49,50,51)(H,52,53,54);;;;/q;4*+1/p-4. The maximum Gasteiger partial charge on any atom is 1.00 e. The Morgan fingerprint density at radius 2 is 0.968 bits per heavy atom. The van der Waals surface area contributed by atoms with E-state index in [1.807, 2.05) is 0 Å². The zero-order valence-electron chi connectivity index (χ0n) is 33.3. The van der Waals surface area contributed by atoms with Crippen LogP contribution >= 0.6 is 0 Å². The molecule has 0 fully saturated rings. The predicted molar refractivity (Wildman–Crippen MR) is 202 cm³/mol. The van der Waals surface area contributed by atoms with Crippen molar-refractivity contribution in [3.8, 4) is 22.6 Å². The minimum absolute atomic E-state index is 0. The first-order valence-electron chi connectivity index (χ1n) is 15.8. The summed E-state index contributed by atoms with van der Waals surface area (Å²) in [5.74, 6) is -1.76. The van der Waals surface area contributed by atoms with Gasteiger partial charge in [0, 0.05) is 16.5 Å². The summed E-state index contributed by atoms with van der Waals surface area (Å²) in [5.41, 5.74) is 12.2. The number of benzene rings is 6. The molecule has 0 saturated heterocycles. The van der Waals surface area contributed by atoms with E-state index >= 15 is 0 Å². The summed E-state index contributed by atoms with van der Waals surface area (Å²) >= 11 is 0. The van der Waals surface area contributed by atoms with E-state index in [9.17, 15) is 62.1 Å². The first kappa shape index (κ1) is 56.0. The quantitative estimate of drug-likeness (QED) is 0.0453. The molecule has 0 spiro atoms. The molecule has 302 valence electrons. The van der Waals surface area contributed by atoms with Crippen LogP contribution in [0, 0.1) is 13.8 Å². The van der Waals surface area contributed by atoms with E-state index in [2.05, 4.69) is 20.5 Å². The Hall–Kier alpha value is -2.12. The van der Waals surface area contributed by atoms with Crippen LogP contribution in [0.4, 0.5) is 34.1 Å². The predicted octanol–water partition coefficient (Wildman–Crippen LogP) is -6.68. The molecular formula is C34H24N6Na4O14S4. The second-order valence-corrected chi connectivity index (χ2v) is 18.0. The summed E-state index contributed by atoms with van der Waals surface area (Å²) in [7, 11) is -21.1. The summed E-state index contributed by atoms with van der Waals surface area (Å²) in [6.07, 6.45) is 0. The minimum atomic E-state index is -5.38. The largest absolute Gasteiger partial charge is 1.00 e. The average Bonchev–Trinajstić information content (AvgIpc) is 3.09. The number of hydrogen-bond donors (Lipinski definition) is 4. The first-order chi connectivity index (χ1) is 26.8. The van der Waals surface area contributed by atoms with E-state index in [0.717, 1.165) is 30.3 Å². The molecule has 62 heavy (non-hydrogen) atoms. The van der Waals surface area contributed by atoms with Crippen molar-refractivity contribution in [2.45, 2.75) is 33.4 Å². The molecule has 28 heteroatoms. The monoisotopic (exact) mass is 960 g/mol. The summed E-state index contributed by atoms with van der Waals surface area (Å²) in [4.78, 5) is -4.21. The molecule has 0 heterocycles.